The maximum atomic E-state index is 10.2. The van der Waals surface area contributed by atoms with Crippen molar-refractivity contribution < 1.29 is 24.4 Å². The zero-order chi connectivity index (χ0) is 11.6. The molecule has 1 aromatic rings. The molecule has 15 heavy (non-hydrogen) atoms. The summed E-state index contributed by atoms with van der Waals surface area (Å²) < 4.78 is 22.9. The summed E-state index contributed by atoms with van der Waals surface area (Å²) in [5.74, 6) is -0.153. The van der Waals surface area contributed by atoms with Crippen molar-refractivity contribution in [3.8, 4) is 5.75 Å². The lowest BCUT2D eigenvalue weighted by Gasteiger charge is -2.09. The van der Waals surface area contributed by atoms with Gasteiger partial charge in [-0.1, -0.05) is 46.4 Å². The monoisotopic (exact) mass is 311 g/mol. The first-order valence-electron chi connectivity index (χ1n) is 3.28. The van der Waals surface area contributed by atoms with Gasteiger partial charge in [0.25, 0.3) is 5.75 Å². The van der Waals surface area contributed by atoms with Gasteiger partial charge in [0.15, 0.2) is 5.15 Å². The van der Waals surface area contributed by atoms with E-state index < -0.39 is 14.6 Å². The summed E-state index contributed by atoms with van der Waals surface area (Å²) in [6, 6.07) is 2.52. The van der Waals surface area contributed by atoms with E-state index in [1.54, 1.807) is 0 Å². The number of alkyl halides is 3. The Balaban J connectivity index is 2.98. The molecule has 0 radical (unpaired) electrons. The van der Waals surface area contributed by atoms with Crippen LogP contribution in [0.3, 0.4) is 0 Å². The Morgan fingerprint density at radius 3 is 2.27 bits per heavy atom. The van der Waals surface area contributed by atoms with E-state index in [4.69, 9.17) is 46.4 Å². The van der Waals surface area contributed by atoms with E-state index in [-0.39, 0.29) is 16.6 Å². The second kappa shape index (κ2) is 5.10. The van der Waals surface area contributed by atoms with Crippen LogP contribution in [0, 0.1) is 10.8 Å². The molecule has 0 N–H and O–H groups in total. The molecule has 0 saturated heterocycles. The molecular formula is C6H2Cl5NO3. The van der Waals surface area contributed by atoms with Gasteiger partial charge in [-0.2, -0.15) is 0 Å². The highest BCUT2D eigenvalue weighted by Gasteiger charge is 2.27. The van der Waals surface area contributed by atoms with E-state index in [0.29, 0.717) is 0 Å². The first-order valence-corrected chi connectivity index (χ1v) is 5.72. The van der Waals surface area contributed by atoms with Crippen LogP contribution in [0.15, 0.2) is 12.1 Å². The Morgan fingerprint density at radius 2 is 1.87 bits per heavy atom. The van der Waals surface area contributed by atoms with E-state index in [1.807, 2.05) is 0 Å². The second-order valence-corrected chi connectivity index (χ2v) is 5.42. The second-order valence-electron chi connectivity index (χ2n) is 2.25. The quantitative estimate of drug-likeness (QED) is 0.604. The van der Waals surface area contributed by atoms with Gasteiger partial charge in [-0.25, -0.2) is 4.98 Å². The van der Waals surface area contributed by atoms with Gasteiger partial charge in [0.2, 0.25) is 3.79 Å². The minimum Gasteiger partial charge on any atom is -0.307 e. The minimum atomic E-state index is -2.40. The van der Waals surface area contributed by atoms with E-state index >= 15 is 0 Å². The molecule has 9 heteroatoms. The summed E-state index contributed by atoms with van der Waals surface area (Å²) in [5.41, 5.74) is 0.0667. The van der Waals surface area contributed by atoms with Crippen molar-refractivity contribution >= 4 is 46.4 Å². The zero-order valence-corrected chi connectivity index (χ0v) is 10.5. The van der Waals surface area contributed by atoms with Gasteiger partial charge >= 0.3 is 10.8 Å². The highest BCUT2D eigenvalue weighted by Crippen LogP contribution is 2.38. The number of pyridine rings is 1. The average molecular weight is 313 g/mol. The largest absolute Gasteiger partial charge is 0.350 e. The Bertz CT molecular complexity index is 353. The van der Waals surface area contributed by atoms with Gasteiger partial charge in [0.1, 0.15) is 0 Å². The first-order chi connectivity index (χ1) is 6.80. The smallest absolute Gasteiger partial charge is 0.307 e. The fraction of sp³-hybridized carbons (Fsp3) is 0.167. The molecule has 84 valence electrons. The molecule has 1 aromatic heterocycles. The van der Waals surface area contributed by atoms with Crippen LogP contribution in [0.1, 0.15) is 5.69 Å². The molecule has 0 aromatic carbocycles. The molecule has 0 saturated carbocycles. The van der Waals surface area contributed by atoms with Gasteiger partial charge in [0, 0.05) is 0 Å². The highest BCUT2D eigenvalue weighted by atomic mass is 35.6. The molecule has 0 unspecified atom stereocenters. The van der Waals surface area contributed by atoms with E-state index in [9.17, 15) is 9.32 Å². The van der Waals surface area contributed by atoms with Crippen LogP contribution < -0.4 is 13.6 Å². The molecular weight excluding hydrogens is 311 g/mol. The van der Waals surface area contributed by atoms with Gasteiger partial charge in [0.05, 0.1) is 5.69 Å². The van der Waals surface area contributed by atoms with Gasteiger partial charge in [-0.05, 0) is 12.1 Å². The normalized spacial score (nSPS) is 11.9. The maximum absolute atomic E-state index is 10.2. The highest BCUT2D eigenvalue weighted by molar-refractivity contribution is 6.66. The minimum absolute atomic E-state index is 0.0667. The van der Waals surface area contributed by atoms with Crippen LogP contribution in [0.4, 0.5) is 0 Å². The number of aromatic nitrogens is 1. The third-order valence-electron chi connectivity index (χ3n) is 1.25. The summed E-state index contributed by atoms with van der Waals surface area (Å²) >= 11 is 22.2. The van der Waals surface area contributed by atoms with Crippen molar-refractivity contribution in [1.29, 1.82) is 0 Å². The molecule has 0 bridgehead atoms. The molecule has 1 rings (SSSR count). The lowest BCUT2D eigenvalue weighted by Crippen LogP contribution is -2.37. The van der Waals surface area contributed by atoms with E-state index in [0.717, 1.165) is 0 Å². The predicted molar refractivity (Wildman–Crippen MR) is 49.1 cm³/mol. The van der Waals surface area contributed by atoms with Gasteiger partial charge < -0.3 is 9.32 Å². The Kier molecular flexibility index (Phi) is 4.55. The van der Waals surface area contributed by atoms with Crippen molar-refractivity contribution in [1.82, 2.24) is 4.98 Å². The van der Waals surface area contributed by atoms with E-state index in [1.165, 1.54) is 12.1 Å². The van der Waals surface area contributed by atoms with Crippen molar-refractivity contribution in [2.45, 2.75) is 3.79 Å². The van der Waals surface area contributed by atoms with Crippen molar-refractivity contribution in [2.24, 2.45) is 0 Å². The molecule has 0 spiro atoms. The summed E-state index contributed by atoms with van der Waals surface area (Å²) in [5, 5.41) is -0.215. The summed E-state index contributed by atoms with van der Waals surface area (Å²) in [4.78, 5) is 3.66. The average Bonchev–Trinajstić information content (AvgIpc) is 2.05. The van der Waals surface area contributed by atoms with Crippen LogP contribution >= 0.6 is 46.4 Å². The topological polar surface area (TPSA) is 68.2 Å². The Labute approximate surface area is 108 Å². The van der Waals surface area contributed by atoms with Crippen LogP contribution in [0.5, 0.6) is 5.75 Å². The molecule has 0 aliphatic carbocycles. The van der Waals surface area contributed by atoms with Crippen LogP contribution in [-0.2, 0) is 3.79 Å². The third-order valence-corrected chi connectivity index (χ3v) is 2.39. The van der Waals surface area contributed by atoms with E-state index in [2.05, 4.69) is 9.27 Å². The fourth-order valence-corrected chi connectivity index (χ4v) is 1.51. The predicted octanol–water partition coefficient (Wildman–Crippen LogP) is 1.03. The summed E-state index contributed by atoms with van der Waals surface area (Å²) in [7, 11) is -2.40. The summed E-state index contributed by atoms with van der Waals surface area (Å²) in [6.45, 7) is 0. The SMILES string of the molecule is [O-][Cl+2]([O-])Oc1ccc(C(Cl)(Cl)Cl)nc1Cl. The number of halogens is 5. The number of nitrogens with zero attached hydrogens (tertiary/aromatic N) is 1. The lowest BCUT2D eigenvalue weighted by molar-refractivity contribution is -1.62. The molecule has 4 nitrogen and oxygen atoms in total. The maximum Gasteiger partial charge on any atom is 0.350 e. The standard InChI is InChI=1S/C6H2Cl5NO3/c7-5-3(15-11(13)14)1-2-4(12-5)6(8,9)10/h1-2H. The zero-order valence-electron chi connectivity index (χ0n) is 6.72. The molecule has 1 heterocycles. The van der Waals surface area contributed by atoms with Crippen molar-refractivity contribution in [3.63, 3.8) is 0 Å². The molecule has 0 aliphatic heterocycles. The van der Waals surface area contributed by atoms with Crippen molar-refractivity contribution in [2.75, 3.05) is 0 Å². The molecule has 0 atom stereocenters. The summed E-state index contributed by atoms with van der Waals surface area (Å²) in [6.07, 6.45) is 0. The Morgan fingerprint density at radius 1 is 1.27 bits per heavy atom. The Hall–Kier alpha value is 0.320. The lowest BCUT2D eigenvalue weighted by atomic mass is 10.4. The fourth-order valence-electron chi connectivity index (χ4n) is 0.705. The number of hydrogen-bond donors (Lipinski definition) is 0. The van der Waals surface area contributed by atoms with Gasteiger partial charge in [-0.3, -0.25) is 0 Å². The molecule has 0 fully saturated rings. The van der Waals surface area contributed by atoms with Gasteiger partial charge in [-0.15, -0.1) is 4.29 Å². The number of rotatable bonds is 2. The number of hydrogen-bond acceptors (Lipinski definition) is 4. The first kappa shape index (κ1) is 13.4. The van der Waals surface area contributed by atoms with Crippen LogP contribution in [-0.4, -0.2) is 4.98 Å². The van der Waals surface area contributed by atoms with Crippen LogP contribution in [0.2, 0.25) is 5.15 Å². The van der Waals surface area contributed by atoms with Crippen LogP contribution in [0.25, 0.3) is 0 Å². The third kappa shape index (κ3) is 4.00. The molecule has 0 amide bonds. The molecule has 0 aliphatic rings. The van der Waals surface area contributed by atoms with Crippen molar-refractivity contribution in [3.05, 3.63) is 23.0 Å².